The highest BCUT2D eigenvalue weighted by molar-refractivity contribution is 5.26. The summed E-state index contributed by atoms with van der Waals surface area (Å²) in [6.07, 6.45) is 2.69. The fourth-order valence-corrected chi connectivity index (χ4v) is 4.40. The van der Waals surface area contributed by atoms with Crippen LogP contribution in [0.5, 0.6) is 0 Å². The Labute approximate surface area is 144 Å². The Hall–Kier alpha value is -1.65. The molecule has 24 heavy (non-hydrogen) atoms. The van der Waals surface area contributed by atoms with Crippen molar-refractivity contribution in [2.45, 2.75) is 39.8 Å². The third-order valence-electron chi connectivity index (χ3n) is 5.94. The van der Waals surface area contributed by atoms with E-state index >= 15 is 0 Å². The third kappa shape index (κ3) is 3.01. The summed E-state index contributed by atoms with van der Waals surface area (Å²) in [7, 11) is 0. The van der Waals surface area contributed by atoms with Crippen LogP contribution in [0.3, 0.4) is 0 Å². The van der Waals surface area contributed by atoms with E-state index in [0.717, 1.165) is 13.1 Å². The highest BCUT2D eigenvalue weighted by Crippen LogP contribution is 2.36. The van der Waals surface area contributed by atoms with Crippen LogP contribution in [0.1, 0.15) is 35.4 Å². The second kappa shape index (κ2) is 6.34. The zero-order valence-corrected chi connectivity index (χ0v) is 14.9. The van der Waals surface area contributed by atoms with E-state index in [1.54, 1.807) is 0 Å². The number of likely N-dealkylation sites (tertiary alicyclic amines) is 1. The van der Waals surface area contributed by atoms with Gasteiger partial charge in [0.15, 0.2) is 0 Å². The summed E-state index contributed by atoms with van der Waals surface area (Å²) < 4.78 is 2.17. The molecule has 1 aromatic carbocycles. The van der Waals surface area contributed by atoms with E-state index in [1.165, 1.54) is 61.5 Å². The normalized spacial score (nSPS) is 24.2. The maximum atomic E-state index is 4.81. The second-order valence-electron chi connectivity index (χ2n) is 7.68. The first-order valence-corrected chi connectivity index (χ1v) is 9.15. The van der Waals surface area contributed by atoms with E-state index in [0.29, 0.717) is 5.41 Å². The molecule has 1 unspecified atom stereocenters. The van der Waals surface area contributed by atoms with Gasteiger partial charge < -0.3 is 5.32 Å². The number of nitrogens with zero attached hydrogens (tertiary/aromatic N) is 3. The van der Waals surface area contributed by atoms with E-state index in [2.05, 4.69) is 59.1 Å². The quantitative estimate of drug-likeness (QED) is 0.939. The van der Waals surface area contributed by atoms with Gasteiger partial charge >= 0.3 is 0 Å². The Morgan fingerprint density at radius 1 is 1.12 bits per heavy atom. The van der Waals surface area contributed by atoms with Crippen LogP contribution in [0.15, 0.2) is 30.3 Å². The minimum atomic E-state index is 0.543. The summed E-state index contributed by atoms with van der Waals surface area (Å²) in [4.78, 5) is 2.64. The molecule has 2 aliphatic rings. The van der Waals surface area contributed by atoms with Crippen molar-refractivity contribution < 1.29 is 0 Å². The maximum absolute atomic E-state index is 4.81. The van der Waals surface area contributed by atoms with Crippen molar-refractivity contribution in [3.05, 3.63) is 52.8 Å². The molecule has 0 saturated carbocycles. The van der Waals surface area contributed by atoms with Gasteiger partial charge in [0.05, 0.1) is 12.2 Å². The monoisotopic (exact) mass is 324 g/mol. The molecule has 0 aliphatic carbocycles. The summed E-state index contributed by atoms with van der Waals surface area (Å²) >= 11 is 0. The molecule has 1 N–H and O–H groups in total. The molecule has 2 fully saturated rings. The largest absolute Gasteiger partial charge is 0.316 e. The van der Waals surface area contributed by atoms with Crippen molar-refractivity contribution in [2.24, 2.45) is 5.41 Å². The lowest BCUT2D eigenvalue weighted by Crippen LogP contribution is -2.29. The van der Waals surface area contributed by atoms with Crippen LogP contribution in [0, 0.1) is 19.3 Å². The summed E-state index contributed by atoms with van der Waals surface area (Å²) in [6, 6.07) is 10.6. The van der Waals surface area contributed by atoms with Crippen LogP contribution in [0.2, 0.25) is 0 Å². The number of rotatable bonds is 4. The van der Waals surface area contributed by atoms with E-state index in [9.17, 15) is 0 Å². The molecule has 128 valence electrons. The van der Waals surface area contributed by atoms with Gasteiger partial charge in [0.25, 0.3) is 0 Å². The van der Waals surface area contributed by atoms with Gasteiger partial charge in [0, 0.05) is 30.9 Å². The smallest absolute Gasteiger partial charge is 0.0662 e. The predicted molar refractivity (Wildman–Crippen MR) is 97.1 cm³/mol. The first kappa shape index (κ1) is 15.9. The highest BCUT2D eigenvalue weighted by atomic mass is 15.3. The summed E-state index contributed by atoms with van der Waals surface area (Å²) in [5.41, 5.74) is 5.79. The zero-order chi connectivity index (χ0) is 16.6. The Kier molecular flexibility index (Phi) is 4.19. The molecule has 0 bridgehead atoms. The van der Waals surface area contributed by atoms with Gasteiger partial charge in [-0.15, -0.1) is 0 Å². The standard InChI is InChI=1S/C20H28N4/c1-16-19(13-23-11-9-20(15-23)8-10-21-14-20)17(2)24(22-16)12-18-6-4-3-5-7-18/h3-7,21H,8-15H2,1-2H3. The number of hydrogen-bond acceptors (Lipinski definition) is 3. The molecule has 4 heteroatoms. The first-order valence-electron chi connectivity index (χ1n) is 9.15. The summed E-state index contributed by atoms with van der Waals surface area (Å²) in [5, 5.41) is 8.36. The molecule has 2 aromatic rings. The summed E-state index contributed by atoms with van der Waals surface area (Å²) in [5.74, 6) is 0. The number of aryl methyl sites for hydroxylation is 1. The lowest BCUT2D eigenvalue weighted by Gasteiger charge is -2.23. The molecule has 4 nitrogen and oxygen atoms in total. The van der Waals surface area contributed by atoms with Gasteiger partial charge in [-0.25, -0.2) is 0 Å². The van der Waals surface area contributed by atoms with Crippen LogP contribution in [-0.2, 0) is 13.1 Å². The van der Waals surface area contributed by atoms with Crippen LogP contribution >= 0.6 is 0 Å². The maximum Gasteiger partial charge on any atom is 0.0662 e. The molecule has 0 radical (unpaired) electrons. The number of hydrogen-bond donors (Lipinski definition) is 1. The van der Waals surface area contributed by atoms with Gasteiger partial charge in [-0.3, -0.25) is 9.58 Å². The molecule has 2 saturated heterocycles. The average molecular weight is 324 g/mol. The number of nitrogens with one attached hydrogen (secondary N) is 1. The van der Waals surface area contributed by atoms with Crippen molar-refractivity contribution in [1.29, 1.82) is 0 Å². The third-order valence-corrected chi connectivity index (χ3v) is 5.94. The predicted octanol–water partition coefficient (Wildman–Crippen LogP) is 2.73. The van der Waals surface area contributed by atoms with Crippen LogP contribution in [0.4, 0.5) is 0 Å². The fraction of sp³-hybridized carbons (Fsp3) is 0.550. The van der Waals surface area contributed by atoms with Crippen molar-refractivity contribution in [1.82, 2.24) is 20.0 Å². The van der Waals surface area contributed by atoms with Crippen LogP contribution in [0.25, 0.3) is 0 Å². The molecule has 1 aromatic heterocycles. The van der Waals surface area contributed by atoms with Crippen molar-refractivity contribution in [3.63, 3.8) is 0 Å². The SMILES string of the molecule is Cc1nn(Cc2ccccc2)c(C)c1CN1CCC2(CCNC2)C1. The van der Waals surface area contributed by atoms with Gasteiger partial charge in [0.1, 0.15) is 0 Å². The Balaban J connectivity index is 1.48. The van der Waals surface area contributed by atoms with E-state index in [-0.39, 0.29) is 0 Å². The van der Waals surface area contributed by atoms with Gasteiger partial charge in [-0.1, -0.05) is 30.3 Å². The molecule has 1 spiro atoms. The zero-order valence-electron chi connectivity index (χ0n) is 14.9. The van der Waals surface area contributed by atoms with E-state index in [1.807, 2.05) is 0 Å². The van der Waals surface area contributed by atoms with Gasteiger partial charge in [-0.05, 0) is 50.8 Å². The molecular weight excluding hydrogens is 296 g/mol. The number of benzene rings is 1. The Bertz CT molecular complexity index is 698. The van der Waals surface area contributed by atoms with Crippen molar-refractivity contribution >= 4 is 0 Å². The minimum absolute atomic E-state index is 0.543. The second-order valence-corrected chi connectivity index (χ2v) is 7.68. The van der Waals surface area contributed by atoms with Gasteiger partial charge in [-0.2, -0.15) is 5.10 Å². The summed E-state index contributed by atoms with van der Waals surface area (Å²) in [6.45, 7) is 11.2. The molecule has 3 heterocycles. The van der Waals surface area contributed by atoms with Crippen molar-refractivity contribution in [2.75, 3.05) is 26.2 Å². The molecule has 1 atom stereocenters. The highest BCUT2D eigenvalue weighted by Gasteiger charge is 2.40. The lowest BCUT2D eigenvalue weighted by atomic mass is 9.86. The van der Waals surface area contributed by atoms with Crippen LogP contribution in [-0.4, -0.2) is 40.9 Å². The van der Waals surface area contributed by atoms with Gasteiger partial charge in [0.2, 0.25) is 0 Å². The van der Waals surface area contributed by atoms with E-state index in [4.69, 9.17) is 5.10 Å². The van der Waals surface area contributed by atoms with Crippen molar-refractivity contribution in [3.8, 4) is 0 Å². The fourth-order valence-electron chi connectivity index (χ4n) is 4.40. The Morgan fingerprint density at radius 2 is 1.96 bits per heavy atom. The average Bonchev–Trinajstić information content (AvgIpc) is 3.27. The lowest BCUT2D eigenvalue weighted by molar-refractivity contribution is 0.268. The molecular formula is C20H28N4. The Morgan fingerprint density at radius 3 is 2.71 bits per heavy atom. The molecule has 0 amide bonds. The first-order chi connectivity index (χ1) is 11.7. The molecule has 2 aliphatic heterocycles. The topological polar surface area (TPSA) is 33.1 Å². The molecule has 4 rings (SSSR count). The van der Waals surface area contributed by atoms with Crippen LogP contribution < -0.4 is 5.32 Å². The minimum Gasteiger partial charge on any atom is -0.316 e. The van der Waals surface area contributed by atoms with E-state index < -0.39 is 0 Å². The number of aromatic nitrogens is 2.